The first-order chi connectivity index (χ1) is 10.2. The van der Waals surface area contributed by atoms with Gasteiger partial charge in [0, 0.05) is 45.9 Å². The Kier molecular flexibility index (Phi) is 11.0. The van der Waals surface area contributed by atoms with E-state index in [1.807, 2.05) is 0 Å². The molecule has 1 unspecified atom stereocenters. The lowest BCUT2D eigenvalue weighted by molar-refractivity contribution is 0.0209. The molecule has 0 bridgehead atoms. The van der Waals surface area contributed by atoms with Gasteiger partial charge in [0.1, 0.15) is 6.23 Å². The number of aliphatic hydroxyl groups excluding tert-OH is 1. The summed E-state index contributed by atoms with van der Waals surface area (Å²) in [5, 5.41) is 11.9. The van der Waals surface area contributed by atoms with Gasteiger partial charge >= 0.3 is 0 Å². The van der Waals surface area contributed by atoms with Gasteiger partial charge in [-0.2, -0.15) is 0 Å². The number of unbranched alkanes of at least 4 members (excludes halogenated alkanes) is 2. The van der Waals surface area contributed by atoms with Crippen molar-refractivity contribution in [2.24, 2.45) is 0 Å². The van der Waals surface area contributed by atoms with Crippen molar-refractivity contribution in [3.8, 4) is 0 Å². The molecule has 0 aromatic rings. The Hall–Kier alpha value is -0.240. The average Bonchev–Trinajstić information content (AvgIpc) is 2.50. The molecule has 1 atom stereocenters. The van der Waals surface area contributed by atoms with Crippen LogP contribution in [0.1, 0.15) is 19.3 Å². The SMILES string of the molecule is CNC(O)COCCCCCOCCN1CCN(C)CC1. The zero-order chi connectivity index (χ0) is 15.3. The van der Waals surface area contributed by atoms with Gasteiger partial charge in [-0.1, -0.05) is 0 Å². The standard InChI is InChI=1S/C15H33N3O3/c1-16-15(19)14-21-12-5-3-4-11-20-13-10-18-8-6-17(2)7-9-18/h15-16,19H,3-14H2,1-2H3. The van der Waals surface area contributed by atoms with Crippen molar-refractivity contribution >= 4 is 0 Å². The van der Waals surface area contributed by atoms with Crippen LogP contribution in [0.15, 0.2) is 0 Å². The van der Waals surface area contributed by atoms with Gasteiger partial charge in [0.2, 0.25) is 0 Å². The molecular formula is C15H33N3O3. The second-order valence-corrected chi connectivity index (χ2v) is 5.70. The second-order valence-electron chi connectivity index (χ2n) is 5.70. The smallest absolute Gasteiger partial charge is 0.128 e. The highest BCUT2D eigenvalue weighted by Gasteiger charge is 2.12. The van der Waals surface area contributed by atoms with E-state index in [-0.39, 0.29) is 0 Å². The first-order valence-corrected chi connectivity index (χ1v) is 8.14. The molecule has 2 N–H and O–H groups in total. The summed E-state index contributed by atoms with van der Waals surface area (Å²) >= 11 is 0. The van der Waals surface area contributed by atoms with Crippen molar-refractivity contribution in [3.63, 3.8) is 0 Å². The highest BCUT2D eigenvalue weighted by atomic mass is 16.5. The number of nitrogens with zero attached hydrogens (tertiary/aromatic N) is 2. The summed E-state index contributed by atoms with van der Waals surface area (Å²) in [6.45, 7) is 8.47. The van der Waals surface area contributed by atoms with Gasteiger partial charge in [-0.25, -0.2) is 0 Å². The number of ether oxygens (including phenoxy) is 2. The molecule has 1 aliphatic heterocycles. The van der Waals surface area contributed by atoms with Gasteiger partial charge in [-0.05, 0) is 33.4 Å². The molecule has 0 saturated carbocycles. The summed E-state index contributed by atoms with van der Waals surface area (Å²) < 4.78 is 11.0. The zero-order valence-electron chi connectivity index (χ0n) is 13.7. The molecule has 6 heteroatoms. The Labute approximate surface area is 129 Å². The summed E-state index contributed by atoms with van der Waals surface area (Å²) in [5.41, 5.74) is 0. The fourth-order valence-electron chi connectivity index (χ4n) is 2.23. The van der Waals surface area contributed by atoms with Crippen molar-refractivity contribution in [2.45, 2.75) is 25.5 Å². The molecule has 126 valence electrons. The van der Waals surface area contributed by atoms with E-state index in [2.05, 4.69) is 22.2 Å². The summed E-state index contributed by atoms with van der Waals surface area (Å²) in [6, 6.07) is 0. The van der Waals surface area contributed by atoms with Crippen LogP contribution in [0.2, 0.25) is 0 Å². The van der Waals surface area contributed by atoms with E-state index in [1.165, 1.54) is 13.1 Å². The number of likely N-dealkylation sites (N-methyl/N-ethyl adjacent to an activating group) is 2. The molecule has 1 fully saturated rings. The van der Waals surface area contributed by atoms with E-state index in [9.17, 15) is 5.11 Å². The number of hydrogen-bond donors (Lipinski definition) is 2. The van der Waals surface area contributed by atoms with Crippen molar-refractivity contribution in [3.05, 3.63) is 0 Å². The van der Waals surface area contributed by atoms with Crippen LogP contribution in [0, 0.1) is 0 Å². The average molecular weight is 303 g/mol. The van der Waals surface area contributed by atoms with Crippen LogP contribution in [-0.2, 0) is 9.47 Å². The fraction of sp³-hybridized carbons (Fsp3) is 1.00. The predicted molar refractivity (Wildman–Crippen MR) is 84.5 cm³/mol. The Morgan fingerprint density at radius 2 is 1.67 bits per heavy atom. The van der Waals surface area contributed by atoms with Crippen LogP contribution in [0.3, 0.4) is 0 Å². The van der Waals surface area contributed by atoms with Gasteiger partial charge in [0.05, 0.1) is 13.2 Å². The Morgan fingerprint density at radius 1 is 1.00 bits per heavy atom. The van der Waals surface area contributed by atoms with Crippen LogP contribution >= 0.6 is 0 Å². The highest BCUT2D eigenvalue weighted by Crippen LogP contribution is 2.00. The lowest BCUT2D eigenvalue weighted by atomic mass is 10.2. The molecule has 6 nitrogen and oxygen atoms in total. The fourth-order valence-corrected chi connectivity index (χ4v) is 2.23. The second kappa shape index (κ2) is 12.3. The van der Waals surface area contributed by atoms with Crippen molar-refractivity contribution < 1.29 is 14.6 Å². The molecule has 1 saturated heterocycles. The predicted octanol–water partition coefficient (Wildman–Crippen LogP) is -0.0249. The number of aliphatic hydroxyl groups is 1. The molecule has 0 amide bonds. The Balaban J connectivity index is 1.76. The van der Waals surface area contributed by atoms with E-state index in [0.717, 1.165) is 52.1 Å². The lowest BCUT2D eigenvalue weighted by Crippen LogP contribution is -2.45. The van der Waals surface area contributed by atoms with Crippen LogP contribution in [-0.4, -0.2) is 94.4 Å². The van der Waals surface area contributed by atoms with E-state index in [0.29, 0.717) is 13.2 Å². The van der Waals surface area contributed by atoms with Crippen molar-refractivity contribution in [1.82, 2.24) is 15.1 Å². The first kappa shape index (κ1) is 18.8. The minimum Gasteiger partial charge on any atom is -0.380 e. The van der Waals surface area contributed by atoms with Crippen LogP contribution < -0.4 is 5.32 Å². The molecule has 1 rings (SSSR count). The van der Waals surface area contributed by atoms with E-state index in [4.69, 9.17) is 9.47 Å². The molecular weight excluding hydrogens is 270 g/mol. The van der Waals surface area contributed by atoms with Gasteiger partial charge < -0.3 is 19.5 Å². The maximum absolute atomic E-state index is 9.22. The summed E-state index contributed by atoms with van der Waals surface area (Å²) in [4.78, 5) is 4.84. The number of rotatable bonds is 12. The Morgan fingerprint density at radius 3 is 2.33 bits per heavy atom. The molecule has 0 aromatic carbocycles. The lowest BCUT2D eigenvalue weighted by Gasteiger charge is -2.32. The third kappa shape index (κ3) is 10.2. The molecule has 21 heavy (non-hydrogen) atoms. The minimum atomic E-state index is -0.553. The van der Waals surface area contributed by atoms with Gasteiger partial charge in [0.15, 0.2) is 0 Å². The largest absolute Gasteiger partial charge is 0.380 e. The molecule has 0 spiro atoms. The van der Waals surface area contributed by atoms with Gasteiger partial charge in [-0.3, -0.25) is 10.2 Å². The molecule has 1 heterocycles. The quantitative estimate of drug-likeness (QED) is 0.390. The molecule has 0 aliphatic carbocycles. The summed E-state index contributed by atoms with van der Waals surface area (Å²) in [5.74, 6) is 0. The third-order valence-electron chi connectivity index (χ3n) is 3.83. The number of nitrogens with one attached hydrogen (secondary N) is 1. The Bertz CT molecular complexity index is 236. The molecule has 1 aliphatic rings. The first-order valence-electron chi connectivity index (χ1n) is 8.14. The van der Waals surface area contributed by atoms with E-state index >= 15 is 0 Å². The van der Waals surface area contributed by atoms with Crippen molar-refractivity contribution in [1.29, 1.82) is 0 Å². The zero-order valence-corrected chi connectivity index (χ0v) is 13.7. The highest BCUT2D eigenvalue weighted by molar-refractivity contribution is 4.68. The van der Waals surface area contributed by atoms with Crippen LogP contribution in [0.5, 0.6) is 0 Å². The topological polar surface area (TPSA) is 57.2 Å². The minimum absolute atomic E-state index is 0.359. The van der Waals surface area contributed by atoms with Gasteiger partial charge in [-0.15, -0.1) is 0 Å². The monoisotopic (exact) mass is 303 g/mol. The van der Waals surface area contributed by atoms with E-state index < -0.39 is 6.23 Å². The number of piperazine rings is 1. The molecule has 0 radical (unpaired) electrons. The van der Waals surface area contributed by atoms with Crippen LogP contribution in [0.25, 0.3) is 0 Å². The maximum atomic E-state index is 9.22. The van der Waals surface area contributed by atoms with Crippen LogP contribution in [0.4, 0.5) is 0 Å². The van der Waals surface area contributed by atoms with Gasteiger partial charge in [0.25, 0.3) is 0 Å². The van der Waals surface area contributed by atoms with E-state index in [1.54, 1.807) is 7.05 Å². The summed E-state index contributed by atoms with van der Waals surface area (Å²) in [7, 11) is 3.89. The molecule has 0 aromatic heterocycles. The normalized spacial score (nSPS) is 19.0. The number of hydrogen-bond acceptors (Lipinski definition) is 6. The summed E-state index contributed by atoms with van der Waals surface area (Å²) in [6.07, 6.45) is 2.67. The van der Waals surface area contributed by atoms with Crippen molar-refractivity contribution in [2.75, 3.05) is 73.2 Å². The maximum Gasteiger partial charge on any atom is 0.128 e. The third-order valence-corrected chi connectivity index (χ3v) is 3.83.